The first-order valence-electron chi connectivity index (χ1n) is 6.19. The van der Waals surface area contributed by atoms with Crippen molar-refractivity contribution in [1.29, 1.82) is 0 Å². The summed E-state index contributed by atoms with van der Waals surface area (Å²) in [7, 11) is 0. The molecular weight excluding hydrogens is 365 g/mol. The standard InChI is InChI=1S/C12H20INO5/c1-12(2,3)19-10(15)14-6-4-9(5-7-14)18-11(16)17-8-13/h9H,4-8H2,1-3H3. The average molecular weight is 385 g/mol. The summed E-state index contributed by atoms with van der Waals surface area (Å²) in [5.41, 5.74) is -0.492. The van der Waals surface area contributed by atoms with Crippen molar-refractivity contribution in [3.05, 3.63) is 0 Å². The molecule has 1 aliphatic heterocycles. The van der Waals surface area contributed by atoms with E-state index >= 15 is 0 Å². The summed E-state index contributed by atoms with van der Waals surface area (Å²) in [4.78, 5) is 24.6. The lowest BCUT2D eigenvalue weighted by Crippen LogP contribution is -2.43. The van der Waals surface area contributed by atoms with Crippen molar-refractivity contribution >= 4 is 34.8 Å². The smallest absolute Gasteiger partial charge is 0.444 e. The van der Waals surface area contributed by atoms with Gasteiger partial charge in [0.15, 0.2) is 0 Å². The quantitative estimate of drug-likeness (QED) is 0.416. The molecule has 0 spiro atoms. The number of hydrogen-bond acceptors (Lipinski definition) is 5. The van der Waals surface area contributed by atoms with Crippen LogP contribution in [0.3, 0.4) is 0 Å². The SMILES string of the molecule is CC(C)(C)OC(=O)N1CCC(OC(=O)OCI)CC1. The summed E-state index contributed by atoms with van der Waals surface area (Å²) in [6.07, 6.45) is 0.0607. The van der Waals surface area contributed by atoms with E-state index in [0.29, 0.717) is 25.9 Å². The molecule has 1 rings (SSSR count). The molecule has 0 aromatic rings. The molecule has 0 saturated carbocycles. The Hall–Kier alpha value is -0.730. The normalized spacial score (nSPS) is 16.9. The first kappa shape index (κ1) is 16.3. The Morgan fingerprint density at radius 2 is 1.84 bits per heavy atom. The third-order valence-electron chi connectivity index (χ3n) is 2.53. The van der Waals surface area contributed by atoms with E-state index in [1.165, 1.54) is 0 Å². The maximum Gasteiger partial charge on any atom is 0.509 e. The predicted octanol–water partition coefficient (Wildman–Crippen LogP) is 2.93. The van der Waals surface area contributed by atoms with Gasteiger partial charge in [-0.1, -0.05) is 0 Å². The molecule has 0 radical (unpaired) electrons. The Labute approximate surface area is 126 Å². The number of carbonyl (C=O) groups excluding carboxylic acids is 2. The van der Waals surface area contributed by atoms with Crippen molar-refractivity contribution in [3.8, 4) is 0 Å². The van der Waals surface area contributed by atoms with Gasteiger partial charge in [0.1, 0.15) is 16.3 Å². The molecule has 6 nitrogen and oxygen atoms in total. The van der Waals surface area contributed by atoms with E-state index in [1.807, 2.05) is 43.4 Å². The lowest BCUT2D eigenvalue weighted by atomic mass is 10.1. The Morgan fingerprint density at radius 1 is 1.26 bits per heavy atom. The Balaban J connectivity index is 2.32. The van der Waals surface area contributed by atoms with Crippen LogP contribution < -0.4 is 0 Å². The number of nitrogens with zero attached hydrogens (tertiary/aromatic N) is 1. The third kappa shape index (κ3) is 6.31. The van der Waals surface area contributed by atoms with Gasteiger partial charge in [0.05, 0.1) is 0 Å². The van der Waals surface area contributed by atoms with Gasteiger partial charge in [0.25, 0.3) is 0 Å². The van der Waals surface area contributed by atoms with Crippen LogP contribution in [-0.4, -0.2) is 46.6 Å². The van der Waals surface area contributed by atoms with Crippen LogP contribution in [0.1, 0.15) is 33.6 Å². The summed E-state index contributed by atoms with van der Waals surface area (Å²) < 4.78 is 15.4. The maximum absolute atomic E-state index is 11.8. The summed E-state index contributed by atoms with van der Waals surface area (Å²) in [5.74, 6) is 0. The zero-order chi connectivity index (χ0) is 14.5. The van der Waals surface area contributed by atoms with Crippen molar-refractivity contribution < 1.29 is 23.8 Å². The first-order chi connectivity index (χ1) is 8.81. The minimum Gasteiger partial charge on any atom is -0.444 e. The van der Waals surface area contributed by atoms with Crippen LogP contribution in [0, 0.1) is 0 Å². The van der Waals surface area contributed by atoms with Crippen LogP contribution in [-0.2, 0) is 14.2 Å². The molecule has 1 amide bonds. The van der Waals surface area contributed by atoms with E-state index in [9.17, 15) is 9.59 Å². The minimum absolute atomic E-state index is 0.186. The van der Waals surface area contributed by atoms with E-state index < -0.39 is 11.8 Å². The monoisotopic (exact) mass is 385 g/mol. The number of halogens is 1. The average Bonchev–Trinajstić information content (AvgIpc) is 2.27. The number of likely N-dealkylation sites (tertiary alicyclic amines) is 1. The Morgan fingerprint density at radius 3 is 2.32 bits per heavy atom. The van der Waals surface area contributed by atoms with Crippen molar-refractivity contribution in [2.75, 3.05) is 17.7 Å². The molecule has 1 saturated heterocycles. The molecule has 0 aromatic heterocycles. The highest BCUT2D eigenvalue weighted by atomic mass is 127. The third-order valence-corrected chi connectivity index (χ3v) is 2.84. The summed E-state index contributed by atoms with van der Waals surface area (Å²) in [5, 5.41) is 0. The fourth-order valence-electron chi connectivity index (χ4n) is 1.70. The maximum atomic E-state index is 11.8. The van der Waals surface area contributed by atoms with E-state index in [2.05, 4.69) is 0 Å². The van der Waals surface area contributed by atoms with Crippen LogP contribution in [0.15, 0.2) is 0 Å². The van der Waals surface area contributed by atoms with Crippen molar-refractivity contribution in [2.45, 2.75) is 45.3 Å². The largest absolute Gasteiger partial charge is 0.509 e. The molecule has 19 heavy (non-hydrogen) atoms. The van der Waals surface area contributed by atoms with Crippen molar-refractivity contribution in [3.63, 3.8) is 0 Å². The zero-order valence-electron chi connectivity index (χ0n) is 11.5. The van der Waals surface area contributed by atoms with Gasteiger partial charge in [0.2, 0.25) is 0 Å². The molecule has 0 atom stereocenters. The molecule has 0 unspecified atom stereocenters. The molecule has 1 heterocycles. The number of amides is 1. The van der Waals surface area contributed by atoms with Gasteiger partial charge in [-0.05, 0) is 43.4 Å². The highest BCUT2D eigenvalue weighted by Crippen LogP contribution is 2.17. The van der Waals surface area contributed by atoms with Gasteiger partial charge in [-0.2, -0.15) is 0 Å². The Kier molecular flexibility index (Phi) is 6.15. The van der Waals surface area contributed by atoms with Gasteiger partial charge >= 0.3 is 12.2 Å². The molecule has 0 aromatic carbocycles. The highest BCUT2D eigenvalue weighted by Gasteiger charge is 2.28. The second-order valence-electron chi connectivity index (χ2n) is 5.29. The number of piperidine rings is 1. The number of carbonyl (C=O) groups is 2. The molecule has 110 valence electrons. The number of alkyl halides is 1. The van der Waals surface area contributed by atoms with E-state index in [-0.39, 0.29) is 16.8 Å². The summed E-state index contributed by atoms with van der Waals surface area (Å²) >= 11 is 1.93. The van der Waals surface area contributed by atoms with E-state index in [0.717, 1.165) is 0 Å². The minimum atomic E-state index is -0.648. The summed E-state index contributed by atoms with van der Waals surface area (Å²) in [6, 6.07) is 0. The lowest BCUT2D eigenvalue weighted by molar-refractivity contribution is -0.00689. The van der Waals surface area contributed by atoms with Gasteiger partial charge < -0.3 is 19.1 Å². The summed E-state index contributed by atoms with van der Waals surface area (Å²) in [6.45, 7) is 6.55. The molecule has 0 aliphatic carbocycles. The fraction of sp³-hybridized carbons (Fsp3) is 0.833. The van der Waals surface area contributed by atoms with Gasteiger partial charge in [-0.15, -0.1) is 0 Å². The number of rotatable bonds is 2. The van der Waals surface area contributed by atoms with Crippen LogP contribution in [0.25, 0.3) is 0 Å². The van der Waals surface area contributed by atoms with Crippen LogP contribution in [0.5, 0.6) is 0 Å². The molecule has 1 aliphatic rings. The van der Waals surface area contributed by atoms with Crippen LogP contribution >= 0.6 is 22.6 Å². The number of ether oxygens (including phenoxy) is 3. The fourth-order valence-corrected chi connectivity index (χ4v) is 1.95. The lowest BCUT2D eigenvalue weighted by Gasteiger charge is -2.32. The van der Waals surface area contributed by atoms with Crippen molar-refractivity contribution in [2.24, 2.45) is 0 Å². The molecule has 0 N–H and O–H groups in total. The zero-order valence-corrected chi connectivity index (χ0v) is 13.6. The molecule has 1 fully saturated rings. The predicted molar refractivity (Wildman–Crippen MR) is 77.3 cm³/mol. The molecule has 7 heteroatoms. The van der Waals surface area contributed by atoms with Crippen LogP contribution in [0.2, 0.25) is 0 Å². The second kappa shape index (κ2) is 7.16. The van der Waals surface area contributed by atoms with Gasteiger partial charge in [-0.3, -0.25) is 0 Å². The number of hydrogen-bond donors (Lipinski definition) is 0. The van der Waals surface area contributed by atoms with Gasteiger partial charge in [0, 0.05) is 25.9 Å². The second-order valence-corrected chi connectivity index (χ2v) is 5.91. The van der Waals surface area contributed by atoms with Gasteiger partial charge in [-0.25, -0.2) is 9.59 Å². The highest BCUT2D eigenvalue weighted by molar-refractivity contribution is 14.1. The molecular formula is C12H20INO5. The molecule has 0 bridgehead atoms. The van der Waals surface area contributed by atoms with E-state index in [4.69, 9.17) is 14.2 Å². The van der Waals surface area contributed by atoms with Crippen molar-refractivity contribution in [1.82, 2.24) is 4.90 Å². The topological polar surface area (TPSA) is 65.1 Å². The van der Waals surface area contributed by atoms with E-state index in [1.54, 1.807) is 4.90 Å². The van der Waals surface area contributed by atoms with Crippen LogP contribution in [0.4, 0.5) is 9.59 Å². The Bertz CT molecular complexity index is 321. The first-order valence-corrected chi connectivity index (χ1v) is 7.71.